The first-order valence-electron chi connectivity index (χ1n) is 3.69. The van der Waals surface area contributed by atoms with Gasteiger partial charge in [0.1, 0.15) is 0 Å². The van der Waals surface area contributed by atoms with Crippen LogP contribution in [0.25, 0.3) is 0 Å². The van der Waals surface area contributed by atoms with Crippen LogP contribution in [0.1, 0.15) is 21.6 Å². The summed E-state index contributed by atoms with van der Waals surface area (Å²) in [5, 5.41) is 0.950. The molecule has 1 unspecified atom stereocenters. The molecule has 1 aromatic rings. The summed E-state index contributed by atoms with van der Waals surface area (Å²) in [6, 6.07) is 0. The number of aromatic nitrogens is 1. The van der Waals surface area contributed by atoms with E-state index >= 15 is 0 Å². The van der Waals surface area contributed by atoms with E-state index in [2.05, 4.69) is 4.98 Å². The highest BCUT2D eigenvalue weighted by atomic mass is 32.1. The van der Waals surface area contributed by atoms with Crippen molar-refractivity contribution in [3.05, 3.63) is 16.1 Å². The summed E-state index contributed by atoms with van der Waals surface area (Å²) in [7, 11) is 1.67. The summed E-state index contributed by atoms with van der Waals surface area (Å²) in [6.07, 6.45) is 3.35. The van der Waals surface area contributed by atoms with Crippen molar-refractivity contribution in [2.75, 3.05) is 7.11 Å². The second-order valence-corrected chi connectivity index (χ2v) is 3.67. The number of carbonyl (C=O) groups is 1. The lowest BCUT2D eigenvalue weighted by Gasteiger charge is -2.04. The molecule has 4 heteroatoms. The largest absolute Gasteiger partial charge is 0.381 e. The van der Waals surface area contributed by atoms with Crippen molar-refractivity contribution in [1.29, 1.82) is 0 Å². The van der Waals surface area contributed by atoms with Crippen LogP contribution in [0.3, 0.4) is 0 Å². The second-order valence-electron chi connectivity index (χ2n) is 2.52. The highest BCUT2D eigenvalue weighted by Crippen LogP contribution is 2.13. The fourth-order valence-corrected chi connectivity index (χ4v) is 1.65. The number of rotatable bonds is 4. The SMILES string of the molecule is COC(C)Cc1ncc(C=O)s1. The number of methoxy groups -OCH3 is 1. The summed E-state index contributed by atoms with van der Waals surface area (Å²) in [4.78, 5) is 15.1. The number of thiazole rings is 1. The van der Waals surface area contributed by atoms with Crippen LogP contribution in [0.2, 0.25) is 0 Å². The van der Waals surface area contributed by atoms with Gasteiger partial charge in [0, 0.05) is 19.7 Å². The van der Waals surface area contributed by atoms with Crippen LogP contribution in [-0.4, -0.2) is 24.5 Å². The molecule has 12 heavy (non-hydrogen) atoms. The molecule has 0 amide bonds. The molecule has 3 nitrogen and oxygen atoms in total. The predicted molar refractivity (Wildman–Crippen MR) is 47.7 cm³/mol. The summed E-state index contributed by atoms with van der Waals surface area (Å²) in [5.41, 5.74) is 0. The Balaban J connectivity index is 2.57. The van der Waals surface area contributed by atoms with Crippen LogP contribution in [0.5, 0.6) is 0 Å². The Labute approximate surface area is 75.4 Å². The Morgan fingerprint density at radius 1 is 1.83 bits per heavy atom. The van der Waals surface area contributed by atoms with Crippen LogP contribution < -0.4 is 0 Å². The number of hydrogen-bond acceptors (Lipinski definition) is 4. The van der Waals surface area contributed by atoms with Crippen LogP contribution >= 0.6 is 11.3 Å². The number of nitrogens with zero attached hydrogens (tertiary/aromatic N) is 1. The van der Waals surface area contributed by atoms with Crippen molar-refractivity contribution in [3.63, 3.8) is 0 Å². The highest BCUT2D eigenvalue weighted by Gasteiger charge is 2.05. The van der Waals surface area contributed by atoms with Crippen molar-refractivity contribution in [1.82, 2.24) is 4.98 Å². The molecule has 1 aromatic heterocycles. The number of carbonyl (C=O) groups excluding carboxylic acids is 1. The van der Waals surface area contributed by atoms with Gasteiger partial charge in [0.05, 0.1) is 16.0 Å². The molecule has 0 spiro atoms. The minimum absolute atomic E-state index is 0.163. The molecule has 1 atom stereocenters. The molecule has 0 aliphatic rings. The fourth-order valence-electron chi connectivity index (χ4n) is 0.802. The minimum Gasteiger partial charge on any atom is -0.381 e. The van der Waals surface area contributed by atoms with Gasteiger partial charge in [-0.05, 0) is 6.92 Å². The number of ether oxygens (including phenoxy) is 1. The fraction of sp³-hybridized carbons (Fsp3) is 0.500. The molecule has 1 rings (SSSR count). The van der Waals surface area contributed by atoms with Gasteiger partial charge in [0.2, 0.25) is 0 Å². The second kappa shape index (κ2) is 4.33. The van der Waals surface area contributed by atoms with E-state index in [9.17, 15) is 4.79 Å². The van der Waals surface area contributed by atoms with Crippen molar-refractivity contribution >= 4 is 17.6 Å². The molecule has 66 valence electrons. The molecule has 0 saturated heterocycles. The average Bonchev–Trinajstić information content (AvgIpc) is 2.52. The van der Waals surface area contributed by atoms with E-state index in [0.717, 1.165) is 17.7 Å². The normalized spacial score (nSPS) is 12.8. The van der Waals surface area contributed by atoms with E-state index < -0.39 is 0 Å². The number of aldehydes is 1. The summed E-state index contributed by atoms with van der Waals surface area (Å²) in [6.45, 7) is 1.97. The van der Waals surface area contributed by atoms with Gasteiger partial charge < -0.3 is 4.74 Å². The molecule has 0 bridgehead atoms. The molecule has 0 aliphatic carbocycles. The van der Waals surface area contributed by atoms with Crippen LogP contribution in [0.15, 0.2) is 6.20 Å². The number of hydrogen-bond donors (Lipinski definition) is 0. The van der Waals surface area contributed by atoms with Gasteiger partial charge in [0.15, 0.2) is 6.29 Å². The lowest BCUT2D eigenvalue weighted by molar-refractivity contribution is 0.112. The van der Waals surface area contributed by atoms with Gasteiger partial charge >= 0.3 is 0 Å². The molecule has 0 fully saturated rings. The standard InChI is InChI=1S/C8H11NO2S/c1-6(11-2)3-8-9-4-7(5-10)12-8/h4-6H,3H2,1-2H3. The minimum atomic E-state index is 0.163. The molecule has 0 N–H and O–H groups in total. The smallest absolute Gasteiger partial charge is 0.161 e. The quantitative estimate of drug-likeness (QED) is 0.668. The topological polar surface area (TPSA) is 39.2 Å². The van der Waals surface area contributed by atoms with Crippen LogP contribution in [0.4, 0.5) is 0 Å². The Morgan fingerprint density at radius 2 is 2.58 bits per heavy atom. The Hall–Kier alpha value is -0.740. The van der Waals surface area contributed by atoms with E-state index in [-0.39, 0.29) is 6.10 Å². The Bertz CT molecular complexity index is 259. The predicted octanol–water partition coefficient (Wildman–Crippen LogP) is 1.53. The first kappa shape index (κ1) is 9.35. The molecule has 1 heterocycles. The van der Waals surface area contributed by atoms with Gasteiger partial charge in [-0.25, -0.2) is 4.98 Å². The van der Waals surface area contributed by atoms with E-state index in [1.807, 2.05) is 6.92 Å². The molecule has 0 aromatic carbocycles. The molecule has 0 radical (unpaired) electrons. The lowest BCUT2D eigenvalue weighted by Crippen LogP contribution is -2.07. The third kappa shape index (κ3) is 2.39. The van der Waals surface area contributed by atoms with E-state index in [0.29, 0.717) is 4.88 Å². The van der Waals surface area contributed by atoms with Crippen LogP contribution in [0, 0.1) is 0 Å². The molecule has 0 saturated carbocycles. The zero-order valence-electron chi connectivity index (χ0n) is 7.11. The van der Waals surface area contributed by atoms with E-state index in [4.69, 9.17) is 4.74 Å². The van der Waals surface area contributed by atoms with Crippen molar-refractivity contribution < 1.29 is 9.53 Å². The zero-order valence-corrected chi connectivity index (χ0v) is 7.93. The van der Waals surface area contributed by atoms with Crippen LogP contribution in [-0.2, 0) is 11.2 Å². The van der Waals surface area contributed by atoms with Crippen molar-refractivity contribution in [2.45, 2.75) is 19.4 Å². The first-order valence-corrected chi connectivity index (χ1v) is 4.50. The zero-order chi connectivity index (χ0) is 8.97. The maximum absolute atomic E-state index is 10.3. The van der Waals surface area contributed by atoms with Crippen molar-refractivity contribution in [3.8, 4) is 0 Å². The summed E-state index contributed by atoms with van der Waals surface area (Å²) < 4.78 is 5.08. The Morgan fingerprint density at radius 3 is 3.08 bits per heavy atom. The molecular weight excluding hydrogens is 174 g/mol. The van der Waals surface area contributed by atoms with Gasteiger partial charge in [-0.2, -0.15) is 0 Å². The van der Waals surface area contributed by atoms with Gasteiger partial charge in [0.25, 0.3) is 0 Å². The third-order valence-electron chi connectivity index (χ3n) is 1.55. The maximum atomic E-state index is 10.3. The average molecular weight is 185 g/mol. The van der Waals surface area contributed by atoms with Crippen molar-refractivity contribution in [2.24, 2.45) is 0 Å². The monoisotopic (exact) mass is 185 g/mol. The third-order valence-corrected chi connectivity index (χ3v) is 2.50. The summed E-state index contributed by atoms with van der Waals surface area (Å²) >= 11 is 1.42. The van der Waals surface area contributed by atoms with Gasteiger partial charge in [-0.3, -0.25) is 4.79 Å². The van der Waals surface area contributed by atoms with Gasteiger partial charge in [-0.15, -0.1) is 11.3 Å². The van der Waals surface area contributed by atoms with E-state index in [1.54, 1.807) is 13.3 Å². The summed E-state index contributed by atoms with van der Waals surface area (Å²) in [5.74, 6) is 0. The first-order chi connectivity index (χ1) is 5.76. The van der Waals surface area contributed by atoms with Gasteiger partial charge in [-0.1, -0.05) is 0 Å². The highest BCUT2D eigenvalue weighted by molar-refractivity contribution is 7.13. The Kier molecular flexibility index (Phi) is 3.37. The van der Waals surface area contributed by atoms with E-state index in [1.165, 1.54) is 11.3 Å². The molecular formula is C8H11NO2S. The molecule has 0 aliphatic heterocycles. The maximum Gasteiger partial charge on any atom is 0.161 e. The lowest BCUT2D eigenvalue weighted by atomic mass is 10.3.